The Labute approximate surface area is 192 Å². The number of aromatic nitrogens is 1. The van der Waals surface area contributed by atoms with Crippen LogP contribution < -0.4 is 10.5 Å². The fourth-order valence-electron chi connectivity index (χ4n) is 5.01. The lowest BCUT2D eigenvalue weighted by Gasteiger charge is -2.42. The van der Waals surface area contributed by atoms with Gasteiger partial charge in [-0.3, -0.25) is 4.79 Å². The highest BCUT2D eigenvalue weighted by molar-refractivity contribution is 7.89. The zero-order valence-corrected chi connectivity index (χ0v) is 19.4. The molecule has 0 radical (unpaired) electrons. The molecule has 2 atom stereocenters. The second-order valence-corrected chi connectivity index (χ2v) is 11.0. The van der Waals surface area contributed by atoms with E-state index in [1.807, 2.05) is 60.0 Å². The molecule has 33 heavy (non-hydrogen) atoms. The maximum absolute atomic E-state index is 13.4. The van der Waals surface area contributed by atoms with Crippen LogP contribution in [0.2, 0.25) is 0 Å². The number of sulfonamides is 1. The summed E-state index contributed by atoms with van der Waals surface area (Å²) in [5.41, 5.74) is 3.43. The minimum atomic E-state index is -3.72. The second-order valence-electron chi connectivity index (χ2n) is 9.10. The van der Waals surface area contributed by atoms with Crippen LogP contribution in [-0.2, 0) is 16.6 Å². The SMILES string of the molecule is CN(C)c1ccc(-c2ccc3n(c2=O)C[C@H]2C[C@@H]3CN(S(=O)(=O)c3ccc(F)cc3)C2)cc1. The largest absolute Gasteiger partial charge is 0.378 e. The fraction of sp³-hybridized carbons (Fsp3) is 0.320. The molecule has 5 rings (SSSR count). The third-order valence-corrected chi connectivity index (χ3v) is 8.56. The topological polar surface area (TPSA) is 62.6 Å². The van der Waals surface area contributed by atoms with E-state index in [0.29, 0.717) is 25.2 Å². The van der Waals surface area contributed by atoms with Crippen LogP contribution in [0.15, 0.2) is 70.4 Å². The number of anilines is 1. The first-order valence-electron chi connectivity index (χ1n) is 11.0. The Bertz CT molecular complexity index is 1350. The molecule has 2 aliphatic heterocycles. The molecule has 6 nitrogen and oxygen atoms in total. The average molecular weight is 468 g/mol. The van der Waals surface area contributed by atoms with E-state index in [1.54, 1.807) is 0 Å². The summed E-state index contributed by atoms with van der Waals surface area (Å²) >= 11 is 0. The van der Waals surface area contributed by atoms with Crippen molar-refractivity contribution in [1.29, 1.82) is 0 Å². The van der Waals surface area contributed by atoms with E-state index in [0.717, 1.165) is 23.4 Å². The Hall–Kier alpha value is -2.97. The molecule has 0 spiro atoms. The zero-order chi connectivity index (χ0) is 23.3. The van der Waals surface area contributed by atoms with Crippen molar-refractivity contribution >= 4 is 15.7 Å². The number of pyridine rings is 1. The van der Waals surface area contributed by atoms with Gasteiger partial charge >= 0.3 is 0 Å². The molecule has 8 heteroatoms. The molecule has 0 saturated carbocycles. The molecule has 1 fully saturated rings. The van der Waals surface area contributed by atoms with E-state index in [-0.39, 0.29) is 22.3 Å². The second kappa shape index (κ2) is 8.11. The van der Waals surface area contributed by atoms with Crippen molar-refractivity contribution in [3.05, 3.63) is 82.5 Å². The van der Waals surface area contributed by atoms with Gasteiger partial charge in [-0.25, -0.2) is 12.8 Å². The van der Waals surface area contributed by atoms with Gasteiger partial charge in [0.25, 0.3) is 5.56 Å². The van der Waals surface area contributed by atoms with Gasteiger partial charge in [0.1, 0.15) is 5.82 Å². The van der Waals surface area contributed by atoms with Crippen LogP contribution in [0, 0.1) is 11.7 Å². The molecule has 0 N–H and O–H groups in total. The number of rotatable bonds is 4. The van der Waals surface area contributed by atoms with Gasteiger partial charge in [-0.05, 0) is 66.4 Å². The van der Waals surface area contributed by atoms with Crippen LogP contribution in [0.3, 0.4) is 0 Å². The third kappa shape index (κ3) is 3.87. The molecule has 1 aromatic heterocycles. The fourth-order valence-corrected chi connectivity index (χ4v) is 6.57. The van der Waals surface area contributed by atoms with E-state index in [1.165, 1.54) is 28.6 Å². The van der Waals surface area contributed by atoms with Crippen LogP contribution in [0.5, 0.6) is 0 Å². The van der Waals surface area contributed by atoms with Crippen molar-refractivity contribution in [3.8, 4) is 11.1 Å². The summed E-state index contributed by atoms with van der Waals surface area (Å²) in [4.78, 5) is 15.5. The molecule has 2 aromatic carbocycles. The van der Waals surface area contributed by atoms with Gasteiger partial charge in [0.05, 0.1) is 4.90 Å². The van der Waals surface area contributed by atoms with Gasteiger partial charge < -0.3 is 9.47 Å². The van der Waals surface area contributed by atoms with Gasteiger partial charge in [-0.2, -0.15) is 4.31 Å². The number of fused-ring (bicyclic) bond motifs is 4. The van der Waals surface area contributed by atoms with E-state index in [4.69, 9.17) is 0 Å². The normalized spacial score (nSPS) is 20.3. The Balaban J connectivity index is 1.46. The maximum atomic E-state index is 13.4. The number of halogens is 1. The highest BCUT2D eigenvalue weighted by Gasteiger charge is 2.39. The summed E-state index contributed by atoms with van der Waals surface area (Å²) < 4.78 is 42.9. The lowest BCUT2D eigenvalue weighted by molar-refractivity contribution is 0.186. The minimum Gasteiger partial charge on any atom is -0.378 e. The van der Waals surface area contributed by atoms with Crippen molar-refractivity contribution in [2.24, 2.45) is 5.92 Å². The summed E-state index contributed by atoms with van der Waals surface area (Å²) in [6.45, 7) is 1.15. The highest BCUT2D eigenvalue weighted by Crippen LogP contribution is 2.38. The summed E-state index contributed by atoms with van der Waals surface area (Å²) in [6.07, 6.45) is 0.853. The number of nitrogens with zero attached hydrogens (tertiary/aromatic N) is 3. The minimum absolute atomic E-state index is 0.0327. The first-order chi connectivity index (χ1) is 15.7. The quantitative estimate of drug-likeness (QED) is 0.589. The number of piperidine rings is 1. The van der Waals surface area contributed by atoms with Crippen molar-refractivity contribution in [1.82, 2.24) is 8.87 Å². The van der Waals surface area contributed by atoms with Gasteiger partial charge in [0.15, 0.2) is 0 Å². The molecule has 0 amide bonds. The third-order valence-electron chi connectivity index (χ3n) is 6.72. The average Bonchev–Trinajstić information content (AvgIpc) is 2.80. The predicted octanol–water partition coefficient (Wildman–Crippen LogP) is 3.53. The molecular weight excluding hydrogens is 441 g/mol. The summed E-state index contributed by atoms with van der Waals surface area (Å²) in [7, 11) is 0.226. The first kappa shape index (κ1) is 21.9. The highest BCUT2D eigenvalue weighted by atomic mass is 32.2. The Morgan fingerprint density at radius 1 is 0.909 bits per heavy atom. The zero-order valence-electron chi connectivity index (χ0n) is 18.6. The summed E-state index contributed by atoms with van der Waals surface area (Å²) in [6, 6.07) is 16.7. The molecule has 2 aliphatic rings. The Morgan fingerprint density at radius 2 is 1.61 bits per heavy atom. The maximum Gasteiger partial charge on any atom is 0.258 e. The van der Waals surface area contributed by atoms with Crippen molar-refractivity contribution in [2.75, 3.05) is 32.1 Å². The Morgan fingerprint density at radius 3 is 2.27 bits per heavy atom. The van der Waals surface area contributed by atoms with Crippen LogP contribution in [0.25, 0.3) is 11.1 Å². The Kier molecular flexibility index (Phi) is 5.37. The molecule has 2 bridgehead atoms. The van der Waals surface area contributed by atoms with Crippen molar-refractivity contribution in [3.63, 3.8) is 0 Å². The van der Waals surface area contributed by atoms with Crippen molar-refractivity contribution < 1.29 is 12.8 Å². The molecule has 3 heterocycles. The molecule has 0 aliphatic carbocycles. The van der Waals surface area contributed by atoms with Crippen LogP contribution in [-0.4, -0.2) is 44.5 Å². The van der Waals surface area contributed by atoms with Gasteiger partial charge in [0.2, 0.25) is 10.0 Å². The predicted molar refractivity (Wildman–Crippen MR) is 126 cm³/mol. The first-order valence-corrected chi connectivity index (χ1v) is 12.5. The molecule has 0 unspecified atom stereocenters. The number of benzene rings is 2. The molecule has 172 valence electrons. The lowest BCUT2D eigenvalue weighted by Crippen LogP contribution is -2.49. The monoisotopic (exact) mass is 467 g/mol. The van der Waals surface area contributed by atoms with Gasteiger partial charge in [-0.15, -0.1) is 0 Å². The summed E-state index contributed by atoms with van der Waals surface area (Å²) in [5.74, 6) is -0.467. The van der Waals surface area contributed by atoms with E-state index in [2.05, 4.69) is 0 Å². The summed E-state index contributed by atoms with van der Waals surface area (Å²) in [5, 5.41) is 0. The van der Waals surface area contributed by atoms with E-state index in [9.17, 15) is 17.6 Å². The van der Waals surface area contributed by atoms with Gasteiger partial charge in [-0.1, -0.05) is 12.1 Å². The number of hydrogen-bond acceptors (Lipinski definition) is 4. The molecule has 1 saturated heterocycles. The van der Waals surface area contributed by atoms with Gasteiger partial charge in [0, 0.05) is 56.6 Å². The molecule has 3 aromatic rings. The van der Waals surface area contributed by atoms with Crippen LogP contribution in [0.4, 0.5) is 10.1 Å². The van der Waals surface area contributed by atoms with E-state index >= 15 is 0 Å². The smallest absolute Gasteiger partial charge is 0.258 e. The molecular formula is C25H26FN3O3S. The number of hydrogen-bond donors (Lipinski definition) is 0. The van der Waals surface area contributed by atoms with E-state index < -0.39 is 15.8 Å². The van der Waals surface area contributed by atoms with Crippen LogP contribution in [0.1, 0.15) is 18.0 Å². The lowest BCUT2D eigenvalue weighted by atomic mass is 9.84. The van der Waals surface area contributed by atoms with Crippen LogP contribution >= 0.6 is 0 Å². The van der Waals surface area contributed by atoms with Crippen molar-refractivity contribution in [2.45, 2.75) is 23.8 Å². The standard InChI is InChI=1S/C25H26FN3O3S/c1-27(2)21-7-3-18(4-8-21)23-11-12-24-19-13-17(15-29(24)25(23)30)14-28(16-19)33(31,32)22-9-5-20(26)6-10-22/h3-12,17,19H,13-16H2,1-2H3/t17-,19+/m0/s1.